The van der Waals surface area contributed by atoms with Crippen LogP contribution in [0, 0.1) is 5.82 Å². The Bertz CT molecular complexity index is 1230. The van der Waals surface area contributed by atoms with Gasteiger partial charge < -0.3 is 4.74 Å². The number of aromatic nitrogens is 2. The van der Waals surface area contributed by atoms with E-state index in [0.717, 1.165) is 5.56 Å². The number of nitrogens with zero attached hydrogens (tertiary/aromatic N) is 3. The van der Waals surface area contributed by atoms with Gasteiger partial charge in [-0.15, -0.1) is 0 Å². The first-order chi connectivity index (χ1) is 14.6. The molecule has 0 atom stereocenters. The molecule has 0 spiro atoms. The number of anilines is 1. The van der Waals surface area contributed by atoms with E-state index in [1.165, 1.54) is 41.5 Å². The molecule has 2 aromatic carbocycles. The van der Waals surface area contributed by atoms with Crippen LogP contribution in [0.15, 0.2) is 67.0 Å². The molecule has 4 rings (SSSR count). The van der Waals surface area contributed by atoms with Gasteiger partial charge in [0.15, 0.2) is 5.13 Å². The Morgan fingerprint density at radius 3 is 2.63 bits per heavy atom. The van der Waals surface area contributed by atoms with Gasteiger partial charge in [-0.1, -0.05) is 29.5 Å². The number of thiazole rings is 1. The van der Waals surface area contributed by atoms with Crippen molar-refractivity contribution in [3.05, 3.63) is 89.5 Å². The molecule has 0 radical (unpaired) electrons. The summed E-state index contributed by atoms with van der Waals surface area (Å²) in [5, 5.41) is 0.393. The number of hydrogen-bond donors (Lipinski definition) is 0. The van der Waals surface area contributed by atoms with Crippen LogP contribution in [-0.4, -0.2) is 29.0 Å². The van der Waals surface area contributed by atoms with Crippen LogP contribution in [-0.2, 0) is 11.3 Å². The van der Waals surface area contributed by atoms with Gasteiger partial charge in [0.05, 0.1) is 35.0 Å². The third-order valence-electron chi connectivity index (χ3n) is 4.44. The molecule has 4 aromatic rings. The highest BCUT2D eigenvalue weighted by Crippen LogP contribution is 2.31. The van der Waals surface area contributed by atoms with E-state index in [4.69, 9.17) is 4.74 Å². The van der Waals surface area contributed by atoms with Gasteiger partial charge in [-0.2, -0.15) is 0 Å². The van der Waals surface area contributed by atoms with Gasteiger partial charge in [0, 0.05) is 12.4 Å². The summed E-state index contributed by atoms with van der Waals surface area (Å²) in [5.74, 6) is -1.40. The van der Waals surface area contributed by atoms with Crippen LogP contribution in [0.5, 0.6) is 0 Å². The van der Waals surface area contributed by atoms with E-state index in [9.17, 15) is 14.0 Å². The summed E-state index contributed by atoms with van der Waals surface area (Å²) in [7, 11) is 1.26. The van der Waals surface area contributed by atoms with Gasteiger partial charge >= 0.3 is 5.97 Å². The van der Waals surface area contributed by atoms with Crippen molar-refractivity contribution in [2.24, 2.45) is 0 Å². The molecule has 0 fully saturated rings. The number of carbonyl (C=O) groups is 2. The van der Waals surface area contributed by atoms with Crippen molar-refractivity contribution in [3.63, 3.8) is 0 Å². The van der Waals surface area contributed by atoms with Crippen LogP contribution >= 0.6 is 11.3 Å². The minimum atomic E-state index is -0.605. The fourth-order valence-electron chi connectivity index (χ4n) is 3.01. The molecule has 0 saturated carbocycles. The first kappa shape index (κ1) is 19.7. The SMILES string of the molecule is COC(=O)c1ccccc1C(=O)N(Cc1cccnc1)c1nc2ccc(F)cc2s1. The van der Waals surface area contributed by atoms with Crippen LogP contribution in [0.2, 0.25) is 0 Å². The third kappa shape index (κ3) is 3.90. The number of methoxy groups -OCH3 is 1. The van der Waals surface area contributed by atoms with Crippen LogP contribution < -0.4 is 4.90 Å². The number of rotatable bonds is 5. The molecule has 0 bridgehead atoms. The second-order valence-electron chi connectivity index (χ2n) is 6.40. The summed E-state index contributed by atoms with van der Waals surface area (Å²) in [6.45, 7) is 0.185. The lowest BCUT2D eigenvalue weighted by Gasteiger charge is -2.21. The fourth-order valence-corrected chi connectivity index (χ4v) is 3.99. The molecule has 0 aliphatic heterocycles. The van der Waals surface area contributed by atoms with Crippen LogP contribution in [0.1, 0.15) is 26.3 Å². The monoisotopic (exact) mass is 421 g/mol. The number of carbonyl (C=O) groups excluding carboxylic acids is 2. The topological polar surface area (TPSA) is 72.4 Å². The molecular formula is C22H16FN3O3S. The van der Waals surface area contributed by atoms with Crippen molar-refractivity contribution >= 4 is 38.6 Å². The zero-order valence-electron chi connectivity index (χ0n) is 15.9. The maximum atomic E-state index is 13.6. The standard InChI is InChI=1S/C22H16FN3O3S/c1-29-21(28)17-7-3-2-6-16(17)20(27)26(13-14-5-4-10-24-12-14)22-25-18-9-8-15(23)11-19(18)30-22/h2-12H,13H2,1H3. The second kappa shape index (κ2) is 8.38. The molecular weight excluding hydrogens is 405 g/mol. The predicted molar refractivity (Wildman–Crippen MR) is 112 cm³/mol. The van der Waals surface area contributed by atoms with E-state index in [-0.39, 0.29) is 23.5 Å². The third-order valence-corrected chi connectivity index (χ3v) is 5.48. The van der Waals surface area contributed by atoms with E-state index in [1.54, 1.807) is 42.7 Å². The Morgan fingerprint density at radius 1 is 1.10 bits per heavy atom. The van der Waals surface area contributed by atoms with Crippen molar-refractivity contribution in [1.82, 2.24) is 9.97 Å². The van der Waals surface area contributed by atoms with Gasteiger partial charge in [0.1, 0.15) is 5.82 Å². The molecule has 0 aliphatic carbocycles. The van der Waals surface area contributed by atoms with E-state index in [1.807, 2.05) is 6.07 Å². The normalized spacial score (nSPS) is 10.7. The molecule has 1 amide bonds. The molecule has 6 nitrogen and oxygen atoms in total. The Hall–Kier alpha value is -3.65. The summed E-state index contributed by atoms with van der Waals surface area (Å²) in [5.41, 5.74) is 1.72. The van der Waals surface area contributed by atoms with Gasteiger partial charge in [-0.3, -0.25) is 14.7 Å². The summed E-state index contributed by atoms with van der Waals surface area (Å²) >= 11 is 1.20. The van der Waals surface area contributed by atoms with E-state index in [0.29, 0.717) is 15.3 Å². The highest BCUT2D eigenvalue weighted by Gasteiger charge is 2.26. The van der Waals surface area contributed by atoms with Crippen molar-refractivity contribution in [3.8, 4) is 0 Å². The molecule has 8 heteroatoms. The predicted octanol–water partition coefficient (Wildman–Crippen LogP) is 4.46. The summed E-state index contributed by atoms with van der Waals surface area (Å²) in [6, 6.07) is 14.3. The minimum absolute atomic E-state index is 0.161. The molecule has 0 N–H and O–H groups in total. The first-order valence-electron chi connectivity index (χ1n) is 9.01. The van der Waals surface area contributed by atoms with Gasteiger partial charge in [0.25, 0.3) is 5.91 Å². The average Bonchev–Trinajstić information content (AvgIpc) is 3.20. The van der Waals surface area contributed by atoms with Crippen LogP contribution in [0.3, 0.4) is 0 Å². The fraction of sp³-hybridized carbons (Fsp3) is 0.0909. The lowest BCUT2D eigenvalue weighted by atomic mass is 10.1. The molecule has 0 saturated heterocycles. The first-order valence-corrected chi connectivity index (χ1v) is 9.82. The molecule has 150 valence electrons. The number of ether oxygens (including phenoxy) is 1. The number of esters is 1. The number of pyridine rings is 1. The lowest BCUT2D eigenvalue weighted by Crippen LogP contribution is -2.31. The summed E-state index contributed by atoms with van der Waals surface area (Å²) < 4.78 is 19.1. The van der Waals surface area contributed by atoms with E-state index < -0.39 is 11.9 Å². The van der Waals surface area contributed by atoms with Gasteiger partial charge in [-0.05, 0) is 42.0 Å². The molecule has 0 aliphatic rings. The molecule has 0 unspecified atom stereocenters. The van der Waals surface area contributed by atoms with Gasteiger partial charge in [0.2, 0.25) is 0 Å². The maximum absolute atomic E-state index is 13.6. The molecule has 30 heavy (non-hydrogen) atoms. The van der Waals surface area contributed by atoms with Crippen molar-refractivity contribution in [1.29, 1.82) is 0 Å². The highest BCUT2D eigenvalue weighted by molar-refractivity contribution is 7.22. The summed E-state index contributed by atoms with van der Waals surface area (Å²) in [6.07, 6.45) is 3.29. The van der Waals surface area contributed by atoms with E-state index >= 15 is 0 Å². The Labute approximate surface area is 175 Å². The largest absolute Gasteiger partial charge is 0.465 e. The lowest BCUT2D eigenvalue weighted by molar-refractivity contribution is 0.0597. The highest BCUT2D eigenvalue weighted by atomic mass is 32.1. The van der Waals surface area contributed by atoms with Crippen molar-refractivity contribution in [2.75, 3.05) is 12.0 Å². The second-order valence-corrected chi connectivity index (χ2v) is 7.41. The number of fused-ring (bicyclic) bond motifs is 1. The molecule has 2 aromatic heterocycles. The Morgan fingerprint density at radius 2 is 1.90 bits per heavy atom. The Kier molecular flexibility index (Phi) is 5.49. The zero-order valence-corrected chi connectivity index (χ0v) is 16.7. The number of benzene rings is 2. The quantitative estimate of drug-likeness (QED) is 0.445. The number of hydrogen-bond acceptors (Lipinski definition) is 6. The van der Waals surface area contributed by atoms with Crippen molar-refractivity contribution < 1.29 is 18.7 Å². The minimum Gasteiger partial charge on any atom is -0.465 e. The van der Waals surface area contributed by atoms with Crippen LogP contribution in [0.4, 0.5) is 9.52 Å². The Balaban J connectivity index is 1.81. The van der Waals surface area contributed by atoms with Gasteiger partial charge in [-0.25, -0.2) is 14.2 Å². The molecule has 2 heterocycles. The summed E-state index contributed by atoms with van der Waals surface area (Å²) in [4.78, 5) is 35.8. The maximum Gasteiger partial charge on any atom is 0.338 e. The van der Waals surface area contributed by atoms with Crippen molar-refractivity contribution in [2.45, 2.75) is 6.54 Å². The smallest absolute Gasteiger partial charge is 0.338 e. The number of amides is 1. The van der Waals surface area contributed by atoms with Crippen LogP contribution in [0.25, 0.3) is 10.2 Å². The zero-order chi connectivity index (χ0) is 21.1. The number of halogens is 1. The average molecular weight is 421 g/mol. The van der Waals surface area contributed by atoms with E-state index in [2.05, 4.69) is 9.97 Å².